The average Bonchev–Trinajstić information content (AvgIpc) is 2.77. The summed E-state index contributed by atoms with van der Waals surface area (Å²) in [6.07, 6.45) is 4.16. The topological polar surface area (TPSA) is 6.48 Å². The monoisotopic (exact) mass is 314 g/mol. The van der Waals surface area contributed by atoms with Crippen LogP contribution in [0.1, 0.15) is 24.1 Å². The molecular weight excluding hydrogens is 296 g/mol. The van der Waals surface area contributed by atoms with E-state index in [0.29, 0.717) is 0 Å². The molecule has 2 saturated heterocycles. The number of likely N-dealkylation sites (N-methyl/N-ethyl adjacent to an activating group) is 1. The molecule has 4 heteroatoms. The van der Waals surface area contributed by atoms with Crippen molar-refractivity contribution in [1.82, 2.24) is 9.80 Å². The van der Waals surface area contributed by atoms with E-state index in [1.165, 1.54) is 41.7 Å². The number of fused-ring (bicyclic) bond motifs is 2. The Labute approximate surface area is 116 Å². The van der Waals surface area contributed by atoms with E-state index in [1.807, 2.05) is 11.3 Å². The van der Waals surface area contributed by atoms with E-state index in [9.17, 15) is 0 Å². The maximum absolute atomic E-state index is 3.54. The van der Waals surface area contributed by atoms with E-state index < -0.39 is 0 Å². The highest BCUT2D eigenvalue weighted by molar-refractivity contribution is 9.10. The normalized spacial score (nSPS) is 30.7. The summed E-state index contributed by atoms with van der Waals surface area (Å²) >= 11 is 5.41. The van der Waals surface area contributed by atoms with Gasteiger partial charge in [0.15, 0.2) is 0 Å². The second-order valence-corrected chi connectivity index (χ2v) is 7.22. The Morgan fingerprint density at radius 3 is 2.94 bits per heavy atom. The third-order valence-electron chi connectivity index (χ3n) is 4.23. The number of hydrogen-bond donors (Lipinski definition) is 0. The van der Waals surface area contributed by atoms with Crippen molar-refractivity contribution in [2.24, 2.45) is 0 Å². The first-order valence-corrected chi connectivity index (χ1v) is 8.07. The van der Waals surface area contributed by atoms with Gasteiger partial charge in [0, 0.05) is 46.4 Å². The predicted octanol–water partition coefficient (Wildman–Crippen LogP) is 3.18. The molecule has 3 heterocycles. The SMILES string of the molecule is CN1C2CCC1CN(Cc1cc(Br)cs1)CC2. The van der Waals surface area contributed by atoms with Crippen molar-refractivity contribution >= 4 is 27.3 Å². The van der Waals surface area contributed by atoms with Gasteiger partial charge >= 0.3 is 0 Å². The lowest BCUT2D eigenvalue weighted by molar-refractivity contribution is 0.215. The predicted molar refractivity (Wildman–Crippen MR) is 76.5 cm³/mol. The van der Waals surface area contributed by atoms with Gasteiger partial charge in [-0.2, -0.15) is 0 Å². The minimum atomic E-state index is 0.797. The van der Waals surface area contributed by atoms with Gasteiger partial charge in [0.25, 0.3) is 0 Å². The third-order valence-corrected chi connectivity index (χ3v) is 5.92. The molecule has 2 fully saturated rings. The van der Waals surface area contributed by atoms with Crippen LogP contribution in [0.3, 0.4) is 0 Å². The van der Waals surface area contributed by atoms with E-state index in [1.54, 1.807) is 0 Å². The number of rotatable bonds is 2. The molecule has 0 N–H and O–H groups in total. The maximum Gasteiger partial charge on any atom is 0.0328 e. The zero-order valence-corrected chi connectivity index (χ0v) is 12.6. The lowest BCUT2D eigenvalue weighted by Gasteiger charge is -2.25. The molecule has 1 aromatic rings. The molecule has 3 rings (SSSR count). The van der Waals surface area contributed by atoms with E-state index in [2.05, 4.69) is 44.2 Å². The zero-order valence-electron chi connectivity index (χ0n) is 10.2. The van der Waals surface area contributed by atoms with Crippen molar-refractivity contribution in [2.45, 2.75) is 37.9 Å². The standard InChI is InChI=1S/C13H19BrN2S/c1-15-11-2-3-12(15)7-16(5-4-11)8-13-6-10(14)9-17-13/h6,9,11-12H,2-5,7-8H2,1H3. The van der Waals surface area contributed by atoms with Gasteiger partial charge < -0.3 is 0 Å². The van der Waals surface area contributed by atoms with Crippen molar-refractivity contribution in [3.8, 4) is 0 Å². The molecule has 0 amide bonds. The van der Waals surface area contributed by atoms with Crippen molar-refractivity contribution in [3.05, 3.63) is 20.8 Å². The van der Waals surface area contributed by atoms with E-state index in [0.717, 1.165) is 18.6 Å². The van der Waals surface area contributed by atoms with Gasteiger partial charge in [-0.3, -0.25) is 9.80 Å². The van der Waals surface area contributed by atoms with Crippen molar-refractivity contribution < 1.29 is 0 Å². The second kappa shape index (κ2) is 5.00. The molecule has 2 nitrogen and oxygen atoms in total. The molecule has 2 unspecified atom stereocenters. The van der Waals surface area contributed by atoms with Gasteiger partial charge in [0.1, 0.15) is 0 Å². The summed E-state index contributed by atoms with van der Waals surface area (Å²) < 4.78 is 1.23. The van der Waals surface area contributed by atoms with Crippen LogP contribution >= 0.6 is 27.3 Å². The molecule has 1 aromatic heterocycles. The highest BCUT2D eigenvalue weighted by Crippen LogP contribution is 2.30. The molecule has 0 saturated carbocycles. The Bertz CT molecular complexity index is 393. The summed E-state index contributed by atoms with van der Waals surface area (Å²) in [5.41, 5.74) is 0. The van der Waals surface area contributed by atoms with Crippen LogP contribution in [0.15, 0.2) is 15.9 Å². The first-order chi connectivity index (χ1) is 8.22. The third kappa shape index (κ3) is 2.60. The first kappa shape index (κ1) is 12.2. The Balaban J connectivity index is 1.65. The lowest BCUT2D eigenvalue weighted by atomic mass is 10.1. The highest BCUT2D eigenvalue weighted by Gasteiger charge is 2.34. The molecule has 17 heavy (non-hydrogen) atoms. The molecule has 0 aromatic carbocycles. The van der Waals surface area contributed by atoms with E-state index in [4.69, 9.17) is 0 Å². The van der Waals surface area contributed by atoms with Crippen molar-refractivity contribution in [3.63, 3.8) is 0 Å². The fourth-order valence-electron chi connectivity index (χ4n) is 3.18. The summed E-state index contributed by atoms with van der Waals surface area (Å²) in [4.78, 5) is 6.74. The summed E-state index contributed by atoms with van der Waals surface area (Å²) in [5, 5.41) is 2.19. The molecule has 0 radical (unpaired) electrons. The van der Waals surface area contributed by atoms with Gasteiger partial charge in [-0.15, -0.1) is 11.3 Å². The van der Waals surface area contributed by atoms with Crippen LogP contribution in [0, 0.1) is 0 Å². The maximum atomic E-state index is 3.54. The zero-order chi connectivity index (χ0) is 11.8. The highest BCUT2D eigenvalue weighted by atomic mass is 79.9. The van der Waals surface area contributed by atoms with Crippen LogP contribution < -0.4 is 0 Å². The summed E-state index contributed by atoms with van der Waals surface area (Å²) in [6.45, 7) is 3.65. The Hall–Kier alpha value is 0.1000. The fraction of sp³-hybridized carbons (Fsp3) is 0.692. The molecule has 0 aliphatic carbocycles. The Morgan fingerprint density at radius 2 is 2.18 bits per heavy atom. The first-order valence-electron chi connectivity index (χ1n) is 6.39. The number of hydrogen-bond acceptors (Lipinski definition) is 3. The van der Waals surface area contributed by atoms with E-state index >= 15 is 0 Å². The van der Waals surface area contributed by atoms with Crippen LogP contribution in [0.5, 0.6) is 0 Å². The van der Waals surface area contributed by atoms with Gasteiger partial charge in [-0.25, -0.2) is 0 Å². The van der Waals surface area contributed by atoms with Gasteiger partial charge in [0.05, 0.1) is 0 Å². The fourth-order valence-corrected chi connectivity index (χ4v) is 4.67. The average molecular weight is 315 g/mol. The minimum Gasteiger partial charge on any atom is -0.299 e. The molecule has 2 aliphatic rings. The number of likely N-dealkylation sites (tertiary alicyclic amines) is 1. The molecule has 2 bridgehead atoms. The summed E-state index contributed by atoms with van der Waals surface area (Å²) in [6, 6.07) is 3.91. The second-order valence-electron chi connectivity index (χ2n) is 5.31. The minimum absolute atomic E-state index is 0.797. The molecule has 2 atom stereocenters. The number of halogens is 1. The van der Waals surface area contributed by atoms with Crippen molar-refractivity contribution in [2.75, 3.05) is 20.1 Å². The van der Waals surface area contributed by atoms with Crippen LogP contribution in [0.25, 0.3) is 0 Å². The lowest BCUT2D eigenvalue weighted by Crippen LogP contribution is -2.36. The number of thiophene rings is 1. The largest absolute Gasteiger partial charge is 0.299 e. The van der Waals surface area contributed by atoms with Crippen LogP contribution in [0.4, 0.5) is 0 Å². The Kier molecular flexibility index (Phi) is 3.57. The van der Waals surface area contributed by atoms with Crippen molar-refractivity contribution in [1.29, 1.82) is 0 Å². The van der Waals surface area contributed by atoms with Gasteiger partial charge in [-0.1, -0.05) is 0 Å². The summed E-state index contributed by atoms with van der Waals surface area (Å²) in [7, 11) is 2.31. The van der Waals surface area contributed by atoms with E-state index in [-0.39, 0.29) is 0 Å². The van der Waals surface area contributed by atoms with Crippen LogP contribution in [0.2, 0.25) is 0 Å². The van der Waals surface area contributed by atoms with Gasteiger partial charge in [0.2, 0.25) is 0 Å². The summed E-state index contributed by atoms with van der Waals surface area (Å²) in [5.74, 6) is 0. The molecule has 94 valence electrons. The smallest absolute Gasteiger partial charge is 0.0328 e. The molecule has 2 aliphatic heterocycles. The molecular formula is C13H19BrN2S. The number of nitrogens with zero attached hydrogens (tertiary/aromatic N) is 2. The van der Waals surface area contributed by atoms with Crippen LogP contribution in [-0.4, -0.2) is 42.0 Å². The van der Waals surface area contributed by atoms with Crippen LogP contribution in [-0.2, 0) is 6.54 Å². The quantitative estimate of drug-likeness (QED) is 0.827. The Morgan fingerprint density at radius 1 is 1.35 bits per heavy atom. The molecule has 0 spiro atoms. The van der Waals surface area contributed by atoms with Gasteiger partial charge in [-0.05, 0) is 48.3 Å².